The maximum absolute atomic E-state index is 6.00. The number of anilines is 1. The summed E-state index contributed by atoms with van der Waals surface area (Å²) in [6.45, 7) is 2.22. The van der Waals surface area contributed by atoms with Crippen LogP contribution in [0.1, 0.15) is 26.2 Å². The minimum atomic E-state index is 0.329. The van der Waals surface area contributed by atoms with Crippen LogP contribution in [-0.4, -0.2) is 27.0 Å². The molecule has 0 radical (unpaired) electrons. The van der Waals surface area contributed by atoms with Crippen LogP contribution in [0.2, 0.25) is 5.28 Å². The first kappa shape index (κ1) is 13.5. The summed E-state index contributed by atoms with van der Waals surface area (Å²) in [5.41, 5.74) is 0. The zero-order valence-corrected chi connectivity index (χ0v) is 13.1. The number of nitrogens with zero attached hydrogens (tertiary/aromatic N) is 2. The predicted octanol–water partition coefficient (Wildman–Crippen LogP) is 4.43. The molecule has 2 unspecified atom stereocenters. The van der Waals surface area contributed by atoms with E-state index in [4.69, 9.17) is 11.6 Å². The van der Waals surface area contributed by atoms with Gasteiger partial charge >= 0.3 is 0 Å². The Hall–Kier alpha value is -0.520. The zero-order chi connectivity index (χ0) is 13.2. The molecule has 2 atom stereocenters. The number of thioether (sulfide) groups is 1. The lowest BCUT2D eigenvalue weighted by Crippen LogP contribution is -2.26. The predicted molar refractivity (Wildman–Crippen MR) is 85.6 cm³/mol. The van der Waals surface area contributed by atoms with E-state index in [0.717, 1.165) is 16.0 Å². The lowest BCUT2D eigenvalue weighted by atomic mass is 10.2. The van der Waals surface area contributed by atoms with Gasteiger partial charge in [-0.3, -0.25) is 0 Å². The number of rotatable bonds is 4. The maximum Gasteiger partial charge on any atom is 0.225 e. The summed E-state index contributed by atoms with van der Waals surface area (Å²) in [5, 5.41) is 7.73. The average Bonchev–Trinajstić information content (AvgIpc) is 2.99. The Morgan fingerprint density at radius 2 is 2.37 bits per heavy atom. The summed E-state index contributed by atoms with van der Waals surface area (Å²) < 4.78 is 0. The van der Waals surface area contributed by atoms with E-state index >= 15 is 0 Å². The van der Waals surface area contributed by atoms with Crippen LogP contribution in [-0.2, 0) is 0 Å². The van der Waals surface area contributed by atoms with Crippen LogP contribution in [0.5, 0.6) is 0 Å². The van der Waals surface area contributed by atoms with E-state index < -0.39 is 0 Å². The van der Waals surface area contributed by atoms with Gasteiger partial charge < -0.3 is 5.32 Å². The van der Waals surface area contributed by atoms with Gasteiger partial charge in [0, 0.05) is 11.3 Å². The molecule has 2 heterocycles. The molecule has 6 heteroatoms. The average molecular weight is 314 g/mol. The van der Waals surface area contributed by atoms with Crippen molar-refractivity contribution in [2.24, 2.45) is 0 Å². The lowest BCUT2D eigenvalue weighted by Gasteiger charge is -2.21. The molecule has 2 aromatic rings. The van der Waals surface area contributed by atoms with Gasteiger partial charge in [-0.1, -0.05) is 13.3 Å². The molecule has 0 saturated heterocycles. The lowest BCUT2D eigenvalue weighted by molar-refractivity contribution is 0.763. The second kappa shape index (κ2) is 5.85. The van der Waals surface area contributed by atoms with E-state index in [1.165, 1.54) is 25.0 Å². The highest BCUT2D eigenvalue weighted by Crippen LogP contribution is 2.34. The van der Waals surface area contributed by atoms with E-state index in [0.29, 0.717) is 16.6 Å². The number of fused-ring (bicyclic) bond motifs is 1. The van der Waals surface area contributed by atoms with Crippen LogP contribution in [0.4, 0.5) is 5.82 Å². The van der Waals surface area contributed by atoms with Gasteiger partial charge in [-0.2, -0.15) is 11.8 Å². The molecule has 0 aromatic carbocycles. The van der Waals surface area contributed by atoms with Crippen LogP contribution in [0, 0.1) is 0 Å². The quantitative estimate of drug-likeness (QED) is 0.847. The monoisotopic (exact) mass is 313 g/mol. The molecular formula is C13H16ClN3S2. The number of halogens is 1. The Morgan fingerprint density at radius 3 is 3.21 bits per heavy atom. The van der Waals surface area contributed by atoms with Crippen molar-refractivity contribution < 1.29 is 0 Å². The van der Waals surface area contributed by atoms with Gasteiger partial charge in [-0.25, -0.2) is 9.97 Å². The summed E-state index contributed by atoms with van der Waals surface area (Å²) in [7, 11) is 0. The third kappa shape index (κ3) is 2.83. The molecule has 0 amide bonds. The summed E-state index contributed by atoms with van der Waals surface area (Å²) >= 11 is 9.65. The summed E-state index contributed by atoms with van der Waals surface area (Å²) in [5.74, 6) is 2.06. The van der Waals surface area contributed by atoms with E-state index in [-0.39, 0.29) is 0 Å². The molecule has 1 fully saturated rings. The molecule has 2 aromatic heterocycles. The fourth-order valence-electron chi connectivity index (χ4n) is 2.62. The molecule has 3 nitrogen and oxygen atoms in total. The van der Waals surface area contributed by atoms with Crippen molar-refractivity contribution in [2.75, 3.05) is 11.1 Å². The fourth-order valence-corrected chi connectivity index (χ4v) is 4.80. The molecule has 1 saturated carbocycles. The number of thiophene rings is 1. The molecule has 0 aliphatic heterocycles. The summed E-state index contributed by atoms with van der Waals surface area (Å²) in [6, 6.07) is 2.56. The van der Waals surface area contributed by atoms with Gasteiger partial charge in [0.05, 0.1) is 5.39 Å². The molecule has 102 valence electrons. The highest BCUT2D eigenvalue weighted by Gasteiger charge is 2.27. The fraction of sp³-hybridized carbons (Fsp3) is 0.538. The van der Waals surface area contributed by atoms with Gasteiger partial charge in [0.15, 0.2) is 0 Å². The third-order valence-corrected chi connectivity index (χ3v) is 5.75. The van der Waals surface area contributed by atoms with Gasteiger partial charge in [-0.15, -0.1) is 11.3 Å². The smallest absolute Gasteiger partial charge is 0.225 e. The SMILES string of the molecule is CCSC1CCCC1Nc1nc(Cl)nc2sccc12. The summed E-state index contributed by atoms with van der Waals surface area (Å²) in [6.07, 6.45) is 3.80. The number of hydrogen-bond acceptors (Lipinski definition) is 5. The highest BCUT2D eigenvalue weighted by molar-refractivity contribution is 7.99. The van der Waals surface area contributed by atoms with E-state index in [2.05, 4.69) is 28.3 Å². The van der Waals surface area contributed by atoms with Gasteiger partial charge in [0.2, 0.25) is 5.28 Å². The summed E-state index contributed by atoms with van der Waals surface area (Å²) in [4.78, 5) is 9.58. The molecule has 1 aliphatic carbocycles. The first-order valence-electron chi connectivity index (χ1n) is 6.57. The van der Waals surface area contributed by atoms with Gasteiger partial charge in [-0.05, 0) is 41.6 Å². The minimum absolute atomic E-state index is 0.329. The second-order valence-corrected chi connectivity index (χ2v) is 7.41. The third-order valence-electron chi connectivity index (χ3n) is 3.45. The molecule has 19 heavy (non-hydrogen) atoms. The molecule has 3 rings (SSSR count). The Labute approximate surface area is 126 Å². The van der Waals surface area contributed by atoms with Gasteiger partial charge in [0.25, 0.3) is 0 Å². The van der Waals surface area contributed by atoms with Crippen LogP contribution < -0.4 is 5.32 Å². The van der Waals surface area contributed by atoms with Crippen molar-refractivity contribution in [3.05, 3.63) is 16.7 Å². The number of aromatic nitrogens is 2. The number of nitrogens with one attached hydrogen (secondary N) is 1. The van der Waals surface area contributed by atoms with Crippen LogP contribution in [0.3, 0.4) is 0 Å². The van der Waals surface area contributed by atoms with E-state index in [1.807, 2.05) is 17.1 Å². The number of hydrogen-bond donors (Lipinski definition) is 1. The Kier molecular flexibility index (Phi) is 4.15. The van der Waals surface area contributed by atoms with Gasteiger partial charge in [0.1, 0.15) is 10.6 Å². The largest absolute Gasteiger partial charge is 0.366 e. The van der Waals surface area contributed by atoms with Crippen LogP contribution in [0.15, 0.2) is 11.4 Å². The van der Waals surface area contributed by atoms with Crippen LogP contribution >= 0.6 is 34.7 Å². The molecule has 0 spiro atoms. The van der Waals surface area contributed by atoms with E-state index in [9.17, 15) is 0 Å². The topological polar surface area (TPSA) is 37.8 Å². The Balaban J connectivity index is 1.86. The Morgan fingerprint density at radius 1 is 1.47 bits per heavy atom. The molecular weight excluding hydrogens is 298 g/mol. The van der Waals surface area contributed by atoms with Crippen LogP contribution in [0.25, 0.3) is 10.2 Å². The van der Waals surface area contributed by atoms with Crippen molar-refractivity contribution in [3.8, 4) is 0 Å². The molecule has 0 bridgehead atoms. The van der Waals surface area contributed by atoms with Crippen molar-refractivity contribution in [1.82, 2.24) is 9.97 Å². The zero-order valence-electron chi connectivity index (χ0n) is 10.7. The van der Waals surface area contributed by atoms with Crippen molar-refractivity contribution in [2.45, 2.75) is 37.5 Å². The van der Waals surface area contributed by atoms with Crippen molar-refractivity contribution in [1.29, 1.82) is 0 Å². The molecule has 1 aliphatic rings. The maximum atomic E-state index is 6.00. The normalized spacial score (nSPS) is 23.1. The highest BCUT2D eigenvalue weighted by atomic mass is 35.5. The van der Waals surface area contributed by atoms with Crippen molar-refractivity contribution >= 4 is 50.7 Å². The van der Waals surface area contributed by atoms with Crippen molar-refractivity contribution in [3.63, 3.8) is 0 Å². The molecule has 1 N–H and O–H groups in total. The second-order valence-electron chi connectivity index (χ2n) is 4.66. The standard InChI is InChI=1S/C13H16ClN3S2/c1-2-18-10-5-3-4-9(10)15-11-8-6-7-19-12(8)17-13(14)16-11/h6-7,9-10H,2-5H2,1H3,(H,15,16,17). The minimum Gasteiger partial charge on any atom is -0.366 e. The first-order chi connectivity index (χ1) is 9.28. The van der Waals surface area contributed by atoms with E-state index in [1.54, 1.807) is 11.3 Å². The Bertz CT molecular complexity index is 572. The first-order valence-corrected chi connectivity index (χ1v) is 8.87.